The molecule has 0 radical (unpaired) electrons. The summed E-state index contributed by atoms with van der Waals surface area (Å²) in [4.78, 5) is 25.3. The van der Waals surface area contributed by atoms with Crippen LogP contribution in [0.2, 0.25) is 0 Å². The van der Waals surface area contributed by atoms with Crippen LogP contribution in [-0.4, -0.2) is 68.6 Å². The Morgan fingerprint density at radius 2 is 1.84 bits per heavy atom. The molecule has 1 saturated heterocycles. The number of aliphatic imine (C=N–C) groups is 1. The highest BCUT2D eigenvalue weighted by atomic mass is 127. The molecule has 2 heterocycles. The summed E-state index contributed by atoms with van der Waals surface area (Å²) in [7, 11) is 3.38. The molecule has 1 aliphatic rings. The molecular formula is C22H31IN6O2. The van der Waals surface area contributed by atoms with Gasteiger partial charge < -0.3 is 25.2 Å². The minimum atomic E-state index is 0. The van der Waals surface area contributed by atoms with Crippen LogP contribution in [0.15, 0.2) is 53.7 Å². The van der Waals surface area contributed by atoms with Crippen molar-refractivity contribution in [2.75, 3.05) is 51.8 Å². The minimum Gasteiger partial charge on any atom is -0.497 e. The first-order valence-corrected chi connectivity index (χ1v) is 10.2. The van der Waals surface area contributed by atoms with Gasteiger partial charge in [-0.1, -0.05) is 18.2 Å². The van der Waals surface area contributed by atoms with Crippen molar-refractivity contribution in [1.82, 2.24) is 20.5 Å². The van der Waals surface area contributed by atoms with Crippen molar-refractivity contribution < 1.29 is 9.53 Å². The van der Waals surface area contributed by atoms with Crippen LogP contribution in [0.4, 0.5) is 5.82 Å². The highest BCUT2D eigenvalue weighted by molar-refractivity contribution is 14.0. The van der Waals surface area contributed by atoms with Gasteiger partial charge in [0.25, 0.3) is 0 Å². The number of aromatic nitrogens is 1. The molecule has 8 nitrogen and oxygen atoms in total. The van der Waals surface area contributed by atoms with Crippen molar-refractivity contribution in [3.8, 4) is 5.75 Å². The van der Waals surface area contributed by atoms with Crippen LogP contribution in [0, 0.1) is 0 Å². The summed E-state index contributed by atoms with van der Waals surface area (Å²) in [6, 6.07) is 13.8. The number of amides is 1. The average Bonchev–Trinajstić information content (AvgIpc) is 2.82. The molecule has 0 atom stereocenters. The quantitative estimate of drug-likeness (QED) is 0.320. The van der Waals surface area contributed by atoms with Gasteiger partial charge in [-0.2, -0.15) is 0 Å². The molecule has 0 unspecified atom stereocenters. The van der Waals surface area contributed by atoms with E-state index < -0.39 is 0 Å². The Hall–Kier alpha value is -2.56. The number of carbonyl (C=O) groups is 1. The van der Waals surface area contributed by atoms with Crippen LogP contribution in [0.5, 0.6) is 5.75 Å². The lowest BCUT2D eigenvalue weighted by Gasteiger charge is -2.35. The summed E-state index contributed by atoms with van der Waals surface area (Å²) in [5.41, 5.74) is 1.13. The van der Waals surface area contributed by atoms with Gasteiger partial charge in [0, 0.05) is 58.9 Å². The van der Waals surface area contributed by atoms with Crippen molar-refractivity contribution in [3.63, 3.8) is 0 Å². The molecule has 31 heavy (non-hydrogen) atoms. The number of nitrogens with zero attached hydrogens (tertiary/aromatic N) is 4. The third kappa shape index (κ3) is 7.57. The number of guanidine groups is 1. The molecule has 3 rings (SSSR count). The van der Waals surface area contributed by atoms with Gasteiger partial charge in [0.2, 0.25) is 5.91 Å². The van der Waals surface area contributed by atoms with E-state index in [9.17, 15) is 4.79 Å². The molecule has 1 fully saturated rings. The molecule has 168 valence electrons. The molecule has 1 amide bonds. The fourth-order valence-corrected chi connectivity index (χ4v) is 3.32. The molecule has 1 aliphatic heterocycles. The van der Waals surface area contributed by atoms with Gasteiger partial charge in [-0.3, -0.25) is 9.79 Å². The van der Waals surface area contributed by atoms with Gasteiger partial charge in [-0.05, 0) is 29.8 Å². The highest BCUT2D eigenvalue weighted by Gasteiger charge is 2.21. The van der Waals surface area contributed by atoms with Gasteiger partial charge in [-0.15, -0.1) is 24.0 Å². The van der Waals surface area contributed by atoms with Gasteiger partial charge in [0.15, 0.2) is 5.96 Å². The second-order valence-electron chi connectivity index (χ2n) is 7.01. The number of methoxy groups -OCH3 is 1. The monoisotopic (exact) mass is 538 g/mol. The van der Waals surface area contributed by atoms with Gasteiger partial charge in [-0.25, -0.2) is 4.98 Å². The van der Waals surface area contributed by atoms with Crippen molar-refractivity contribution >= 4 is 41.7 Å². The zero-order valence-electron chi connectivity index (χ0n) is 18.1. The maximum Gasteiger partial charge on any atom is 0.224 e. The van der Waals surface area contributed by atoms with Gasteiger partial charge in [0.1, 0.15) is 11.6 Å². The van der Waals surface area contributed by atoms with Crippen LogP contribution in [0.3, 0.4) is 0 Å². The highest BCUT2D eigenvalue weighted by Crippen LogP contribution is 2.13. The SMILES string of the molecule is CN=C(NCCC(=O)N1CCN(c2ccccn2)CC1)NCc1ccc(OC)cc1.I. The van der Waals surface area contributed by atoms with Crippen LogP contribution in [-0.2, 0) is 11.3 Å². The van der Waals surface area contributed by atoms with E-state index in [1.165, 1.54) is 0 Å². The smallest absolute Gasteiger partial charge is 0.224 e. The number of hydrogen-bond donors (Lipinski definition) is 2. The number of nitrogens with one attached hydrogen (secondary N) is 2. The van der Waals surface area contributed by atoms with Gasteiger partial charge in [0.05, 0.1) is 7.11 Å². The topological polar surface area (TPSA) is 82.1 Å². The van der Waals surface area contributed by atoms with E-state index in [2.05, 4.69) is 25.5 Å². The summed E-state index contributed by atoms with van der Waals surface area (Å²) in [5, 5.41) is 6.47. The molecule has 0 saturated carbocycles. The Balaban J connectivity index is 0.00000341. The van der Waals surface area contributed by atoms with Crippen molar-refractivity contribution in [2.24, 2.45) is 4.99 Å². The molecule has 1 aromatic heterocycles. The zero-order chi connectivity index (χ0) is 21.2. The summed E-state index contributed by atoms with van der Waals surface area (Å²) in [6.07, 6.45) is 2.24. The van der Waals surface area contributed by atoms with E-state index in [4.69, 9.17) is 4.74 Å². The first-order chi connectivity index (χ1) is 14.7. The Morgan fingerprint density at radius 1 is 1.10 bits per heavy atom. The van der Waals surface area contributed by atoms with E-state index in [1.807, 2.05) is 47.4 Å². The van der Waals surface area contributed by atoms with Crippen molar-refractivity contribution in [1.29, 1.82) is 0 Å². The Kier molecular flexibility index (Phi) is 10.3. The van der Waals surface area contributed by atoms with Crippen molar-refractivity contribution in [3.05, 3.63) is 54.2 Å². The van der Waals surface area contributed by atoms with E-state index in [1.54, 1.807) is 20.4 Å². The lowest BCUT2D eigenvalue weighted by Crippen LogP contribution is -2.49. The third-order valence-corrected chi connectivity index (χ3v) is 5.08. The average molecular weight is 538 g/mol. The molecule has 1 aromatic carbocycles. The number of hydrogen-bond acceptors (Lipinski definition) is 5. The molecule has 0 spiro atoms. The van der Waals surface area contributed by atoms with Crippen molar-refractivity contribution in [2.45, 2.75) is 13.0 Å². The van der Waals surface area contributed by atoms with E-state index >= 15 is 0 Å². The number of piperazine rings is 1. The number of halogens is 1. The van der Waals surface area contributed by atoms with Crippen LogP contribution in [0.25, 0.3) is 0 Å². The van der Waals surface area contributed by atoms with Crippen LogP contribution < -0.4 is 20.3 Å². The second kappa shape index (κ2) is 13.0. The fraction of sp³-hybridized carbons (Fsp3) is 0.409. The van der Waals surface area contributed by atoms with Crippen LogP contribution in [0.1, 0.15) is 12.0 Å². The Labute approximate surface area is 201 Å². The normalized spacial score (nSPS) is 13.9. The molecule has 2 aromatic rings. The number of rotatable bonds is 7. The molecule has 2 N–H and O–H groups in total. The lowest BCUT2D eigenvalue weighted by atomic mass is 10.2. The first-order valence-electron chi connectivity index (χ1n) is 10.2. The standard InChI is InChI=1S/C22H30N6O2.HI/c1-23-22(26-17-18-6-8-19(30-2)9-7-18)25-12-10-21(29)28-15-13-27(14-16-28)20-5-3-4-11-24-20;/h3-9,11H,10,12-17H2,1-2H3,(H2,23,25,26);1H. The first kappa shape index (κ1) is 24.7. The number of anilines is 1. The Morgan fingerprint density at radius 3 is 2.45 bits per heavy atom. The number of carbonyl (C=O) groups excluding carboxylic acids is 1. The molecular weight excluding hydrogens is 507 g/mol. The maximum atomic E-state index is 12.5. The van der Waals surface area contributed by atoms with E-state index in [-0.39, 0.29) is 29.9 Å². The molecule has 0 bridgehead atoms. The van der Waals surface area contributed by atoms with E-state index in [0.29, 0.717) is 25.5 Å². The minimum absolute atomic E-state index is 0. The van der Waals surface area contributed by atoms with Gasteiger partial charge >= 0.3 is 0 Å². The third-order valence-electron chi connectivity index (χ3n) is 5.08. The number of ether oxygens (including phenoxy) is 1. The fourth-order valence-electron chi connectivity index (χ4n) is 3.32. The predicted octanol–water partition coefficient (Wildman–Crippen LogP) is 2.11. The number of pyridine rings is 1. The van der Waals surface area contributed by atoms with Crippen LogP contribution >= 0.6 is 24.0 Å². The number of benzene rings is 1. The molecule has 0 aliphatic carbocycles. The molecule has 9 heteroatoms. The van der Waals surface area contributed by atoms with E-state index in [0.717, 1.165) is 43.3 Å². The predicted molar refractivity (Wildman–Crippen MR) is 134 cm³/mol. The second-order valence-corrected chi connectivity index (χ2v) is 7.01. The largest absolute Gasteiger partial charge is 0.497 e. The Bertz CT molecular complexity index is 824. The summed E-state index contributed by atoms with van der Waals surface area (Å²) in [6.45, 7) is 4.25. The lowest BCUT2D eigenvalue weighted by molar-refractivity contribution is -0.131. The summed E-state index contributed by atoms with van der Waals surface area (Å²) >= 11 is 0. The summed E-state index contributed by atoms with van der Waals surface area (Å²) < 4.78 is 5.17. The summed E-state index contributed by atoms with van der Waals surface area (Å²) in [5.74, 6) is 2.64. The zero-order valence-corrected chi connectivity index (χ0v) is 20.4. The maximum absolute atomic E-state index is 12.5.